The van der Waals surface area contributed by atoms with Gasteiger partial charge >= 0.3 is 12.4 Å². The van der Waals surface area contributed by atoms with E-state index in [2.05, 4.69) is 15.4 Å². The monoisotopic (exact) mass is 466 g/mol. The number of hydroxylamine groups is 1. The highest BCUT2D eigenvalue weighted by atomic mass is 19.4. The maximum Gasteiger partial charge on any atom is 0.573 e. The molecule has 176 valence electrons. The molecule has 0 unspecified atom stereocenters. The lowest BCUT2D eigenvalue weighted by atomic mass is 10.0. The van der Waals surface area contributed by atoms with Crippen LogP contribution in [0.5, 0.6) is 5.75 Å². The number of amides is 4. The first-order chi connectivity index (χ1) is 15.6. The molecule has 0 aliphatic carbocycles. The van der Waals surface area contributed by atoms with Crippen LogP contribution in [0.2, 0.25) is 0 Å². The first-order valence-electron chi connectivity index (χ1n) is 9.92. The summed E-state index contributed by atoms with van der Waals surface area (Å²) in [5, 5.41) is 14.0. The second-order valence-corrected chi connectivity index (χ2v) is 7.26. The molecule has 1 fully saturated rings. The van der Waals surface area contributed by atoms with Crippen molar-refractivity contribution in [2.75, 3.05) is 18.4 Å². The van der Waals surface area contributed by atoms with Gasteiger partial charge in [-0.05, 0) is 61.4 Å². The van der Waals surface area contributed by atoms with E-state index in [1.165, 1.54) is 41.9 Å². The SMILES string of the molecule is O=C(Nc1ccc(OC(F)(F)F)cc1)NC1CCN(C(=O)c2ccc(C(=O)NO)cc2)CC1. The Hall–Kier alpha value is -3.80. The van der Waals surface area contributed by atoms with Gasteiger partial charge in [-0.1, -0.05) is 0 Å². The average molecular weight is 466 g/mol. The number of nitrogens with one attached hydrogen (secondary N) is 3. The molecular formula is C21H21F3N4O5. The maximum atomic E-state index is 12.6. The van der Waals surface area contributed by atoms with Crippen LogP contribution in [0.3, 0.4) is 0 Å². The molecule has 9 nitrogen and oxygen atoms in total. The first kappa shape index (κ1) is 23.9. The fourth-order valence-electron chi connectivity index (χ4n) is 3.33. The van der Waals surface area contributed by atoms with E-state index < -0.39 is 24.1 Å². The topological polar surface area (TPSA) is 120 Å². The summed E-state index contributed by atoms with van der Waals surface area (Å²) in [7, 11) is 0. The molecule has 1 heterocycles. The van der Waals surface area contributed by atoms with Crippen molar-refractivity contribution in [2.24, 2.45) is 0 Å². The third-order valence-corrected chi connectivity index (χ3v) is 4.96. The Morgan fingerprint density at radius 1 is 0.939 bits per heavy atom. The van der Waals surface area contributed by atoms with Gasteiger partial charge in [-0.15, -0.1) is 13.2 Å². The van der Waals surface area contributed by atoms with Crippen molar-refractivity contribution in [1.29, 1.82) is 0 Å². The van der Waals surface area contributed by atoms with E-state index in [1.807, 2.05) is 0 Å². The van der Waals surface area contributed by atoms with Crippen molar-refractivity contribution in [3.8, 4) is 5.75 Å². The van der Waals surface area contributed by atoms with Crippen LogP contribution in [0, 0.1) is 0 Å². The quantitative estimate of drug-likeness (QED) is 0.399. The second-order valence-electron chi connectivity index (χ2n) is 7.26. The van der Waals surface area contributed by atoms with Crippen molar-refractivity contribution in [1.82, 2.24) is 15.7 Å². The molecule has 1 aliphatic rings. The number of likely N-dealkylation sites (tertiary alicyclic amines) is 1. The average Bonchev–Trinajstić information content (AvgIpc) is 2.79. The third kappa shape index (κ3) is 6.84. The van der Waals surface area contributed by atoms with Crippen LogP contribution < -0.4 is 20.9 Å². The number of hydrogen-bond acceptors (Lipinski definition) is 5. The number of rotatable bonds is 5. The second kappa shape index (κ2) is 10.2. The Bertz CT molecular complexity index is 988. The van der Waals surface area contributed by atoms with Crippen LogP contribution in [0.15, 0.2) is 48.5 Å². The molecule has 3 rings (SSSR count). The molecule has 0 spiro atoms. The van der Waals surface area contributed by atoms with Gasteiger partial charge < -0.3 is 20.3 Å². The Morgan fingerprint density at radius 2 is 1.52 bits per heavy atom. The van der Waals surface area contributed by atoms with Crippen LogP contribution in [-0.2, 0) is 0 Å². The van der Waals surface area contributed by atoms with Gasteiger partial charge in [0.15, 0.2) is 0 Å². The molecule has 4 amide bonds. The minimum absolute atomic E-state index is 0.183. The highest BCUT2D eigenvalue weighted by molar-refractivity contribution is 5.97. The molecule has 2 aromatic carbocycles. The van der Waals surface area contributed by atoms with Crippen LogP contribution in [-0.4, -0.2) is 53.4 Å². The minimum Gasteiger partial charge on any atom is -0.406 e. The Labute approximate surface area is 186 Å². The summed E-state index contributed by atoms with van der Waals surface area (Å²) in [4.78, 5) is 37.8. The molecular weight excluding hydrogens is 445 g/mol. The third-order valence-electron chi connectivity index (χ3n) is 4.96. The fourth-order valence-corrected chi connectivity index (χ4v) is 3.33. The lowest BCUT2D eigenvalue weighted by Crippen LogP contribution is -2.47. The number of alkyl halides is 3. The smallest absolute Gasteiger partial charge is 0.406 e. The summed E-state index contributed by atoms with van der Waals surface area (Å²) in [5.74, 6) is -1.28. The number of carbonyl (C=O) groups is 3. The number of piperidine rings is 1. The molecule has 0 radical (unpaired) electrons. The van der Waals surface area contributed by atoms with Gasteiger partial charge in [0.1, 0.15) is 5.75 Å². The fraction of sp³-hybridized carbons (Fsp3) is 0.286. The molecule has 1 saturated heterocycles. The zero-order chi connectivity index (χ0) is 24.0. The number of nitrogens with zero attached hydrogens (tertiary/aromatic N) is 1. The number of halogens is 3. The maximum absolute atomic E-state index is 12.6. The van der Waals surface area contributed by atoms with E-state index in [9.17, 15) is 27.6 Å². The highest BCUT2D eigenvalue weighted by Gasteiger charge is 2.31. The standard InChI is InChI=1S/C21H21F3N4O5/c22-21(23,24)33-17-7-5-15(6-8-17)25-20(31)26-16-9-11-28(12-10-16)19(30)14-3-1-13(2-4-14)18(29)27-32/h1-8,16,32H,9-12H2,(H,27,29)(H2,25,26,31). The Morgan fingerprint density at radius 3 is 2.06 bits per heavy atom. The Kier molecular flexibility index (Phi) is 7.38. The first-order valence-corrected chi connectivity index (χ1v) is 9.92. The number of hydrogen-bond donors (Lipinski definition) is 4. The van der Waals surface area contributed by atoms with Crippen LogP contribution in [0.1, 0.15) is 33.6 Å². The largest absolute Gasteiger partial charge is 0.573 e. The van der Waals surface area contributed by atoms with Gasteiger partial charge in [0, 0.05) is 35.9 Å². The molecule has 1 aliphatic heterocycles. The highest BCUT2D eigenvalue weighted by Crippen LogP contribution is 2.24. The number of carbonyl (C=O) groups excluding carboxylic acids is 3. The summed E-state index contributed by atoms with van der Waals surface area (Å²) >= 11 is 0. The zero-order valence-corrected chi connectivity index (χ0v) is 17.2. The molecule has 33 heavy (non-hydrogen) atoms. The van der Waals surface area contributed by atoms with Gasteiger partial charge in [-0.3, -0.25) is 14.8 Å². The van der Waals surface area contributed by atoms with Gasteiger partial charge in [0.25, 0.3) is 11.8 Å². The van der Waals surface area contributed by atoms with Crippen LogP contribution in [0.4, 0.5) is 23.7 Å². The van der Waals surface area contributed by atoms with E-state index in [0.29, 0.717) is 37.2 Å². The van der Waals surface area contributed by atoms with Crippen molar-refractivity contribution >= 4 is 23.5 Å². The zero-order valence-electron chi connectivity index (χ0n) is 17.2. The predicted molar refractivity (Wildman–Crippen MR) is 110 cm³/mol. The molecule has 12 heteroatoms. The van der Waals surface area contributed by atoms with E-state index >= 15 is 0 Å². The Balaban J connectivity index is 1.45. The molecule has 4 N–H and O–H groups in total. The number of urea groups is 1. The van der Waals surface area contributed by atoms with E-state index in [0.717, 1.165) is 12.1 Å². The lowest BCUT2D eigenvalue weighted by Gasteiger charge is -2.32. The number of benzene rings is 2. The summed E-state index contributed by atoms with van der Waals surface area (Å²) in [5.41, 5.74) is 2.43. The van der Waals surface area contributed by atoms with E-state index in [-0.39, 0.29) is 17.5 Å². The van der Waals surface area contributed by atoms with E-state index in [1.54, 1.807) is 4.90 Å². The number of ether oxygens (including phenoxy) is 1. The molecule has 0 saturated carbocycles. The van der Waals surface area contributed by atoms with Crippen LogP contribution >= 0.6 is 0 Å². The van der Waals surface area contributed by atoms with Gasteiger partial charge in [-0.2, -0.15) is 0 Å². The summed E-state index contributed by atoms with van der Waals surface area (Å²) in [6.45, 7) is 0.818. The van der Waals surface area contributed by atoms with Crippen molar-refractivity contribution in [3.63, 3.8) is 0 Å². The summed E-state index contributed by atoms with van der Waals surface area (Å²) in [6.07, 6.45) is -3.76. The van der Waals surface area contributed by atoms with E-state index in [4.69, 9.17) is 5.21 Å². The van der Waals surface area contributed by atoms with Gasteiger partial charge in [0.2, 0.25) is 0 Å². The van der Waals surface area contributed by atoms with Crippen molar-refractivity contribution < 1.29 is 37.5 Å². The van der Waals surface area contributed by atoms with Gasteiger partial charge in [0.05, 0.1) is 0 Å². The molecule has 0 aromatic heterocycles. The van der Waals surface area contributed by atoms with Gasteiger partial charge in [-0.25, -0.2) is 10.3 Å². The van der Waals surface area contributed by atoms with Crippen molar-refractivity contribution in [3.05, 3.63) is 59.7 Å². The number of anilines is 1. The predicted octanol–water partition coefficient (Wildman–Crippen LogP) is 3.13. The lowest BCUT2D eigenvalue weighted by molar-refractivity contribution is -0.274. The summed E-state index contributed by atoms with van der Waals surface area (Å²) < 4.78 is 40.4. The molecule has 0 atom stereocenters. The normalized spacial score (nSPS) is 14.4. The molecule has 0 bridgehead atoms. The minimum atomic E-state index is -4.79. The van der Waals surface area contributed by atoms with Crippen LogP contribution in [0.25, 0.3) is 0 Å². The molecule has 2 aromatic rings. The summed E-state index contributed by atoms with van der Waals surface area (Å²) in [6, 6.07) is 9.92. The van der Waals surface area contributed by atoms with Crippen molar-refractivity contribution in [2.45, 2.75) is 25.2 Å².